The Labute approximate surface area is 202 Å². The van der Waals surface area contributed by atoms with Crippen LogP contribution in [-0.4, -0.2) is 30.0 Å². The number of fused-ring (bicyclic) bond motifs is 1. The minimum Gasteiger partial charge on any atom is -0.496 e. The summed E-state index contributed by atoms with van der Waals surface area (Å²) in [5, 5.41) is 10.9. The van der Waals surface area contributed by atoms with E-state index in [2.05, 4.69) is 0 Å². The lowest BCUT2D eigenvalue weighted by Gasteiger charge is -2.29. The first-order valence-corrected chi connectivity index (χ1v) is 11.8. The molecule has 10 heteroatoms. The molecule has 1 aromatic heterocycles. The second-order valence-electron chi connectivity index (χ2n) is 8.05. The zero-order valence-corrected chi connectivity index (χ0v) is 20.0. The van der Waals surface area contributed by atoms with Gasteiger partial charge in [0, 0.05) is 15.2 Å². The SMILES string of the molecule is COc1ccc(F)cc1C(C)(C)Sc1ccc(F)c(N2C(=O)Cc3csc(C(=O)O)c3C2=O)c1. The van der Waals surface area contributed by atoms with Gasteiger partial charge in [0.1, 0.15) is 22.3 Å². The molecule has 0 saturated carbocycles. The van der Waals surface area contributed by atoms with Crippen LogP contribution in [0.15, 0.2) is 46.7 Å². The van der Waals surface area contributed by atoms with Gasteiger partial charge in [-0.3, -0.25) is 9.59 Å². The Kier molecular flexibility index (Phi) is 6.22. The summed E-state index contributed by atoms with van der Waals surface area (Å²) in [6.45, 7) is 3.68. The molecule has 1 N–H and O–H groups in total. The zero-order valence-electron chi connectivity index (χ0n) is 18.3. The Bertz CT molecular complexity index is 1330. The standard InChI is InChI=1S/C24H19F2NO5S2/c1-24(2,15-9-13(25)4-7-18(15)32-3)34-14-5-6-16(26)17(10-14)27-19(28)8-12-11-33-21(23(30)31)20(12)22(27)29/h4-7,9-11H,8H2,1-3H3,(H,30,31). The molecule has 4 rings (SSSR count). The van der Waals surface area contributed by atoms with Gasteiger partial charge in [0.2, 0.25) is 5.91 Å². The van der Waals surface area contributed by atoms with E-state index in [0.717, 1.165) is 17.4 Å². The van der Waals surface area contributed by atoms with Crippen molar-refractivity contribution in [3.63, 3.8) is 0 Å². The summed E-state index contributed by atoms with van der Waals surface area (Å²) >= 11 is 2.12. The highest BCUT2D eigenvalue weighted by molar-refractivity contribution is 8.00. The van der Waals surface area contributed by atoms with E-state index in [1.807, 2.05) is 13.8 Å². The van der Waals surface area contributed by atoms with E-state index in [-0.39, 0.29) is 22.5 Å². The Morgan fingerprint density at radius 1 is 1.18 bits per heavy atom. The number of amides is 2. The fourth-order valence-corrected chi connectivity index (χ4v) is 5.92. The molecular weight excluding hydrogens is 484 g/mol. The molecule has 34 heavy (non-hydrogen) atoms. The molecule has 2 heterocycles. The first kappa shape index (κ1) is 23.9. The van der Waals surface area contributed by atoms with Crippen LogP contribution >= 0.6 is 23.1 Å². The number of thiophene rings is 1. The van der Waals surface area contributed by atoms with Crippen molar-refractivity contribution in [1.29, 1.82) is 0 Å². The first-order chi connectivity index (χ1) is 16.0. The number of ether oxygens (including phenoxy) is 1. The normalized spacial score (nSPS) is 13.7. The number of carbonyl (C=O) groups excluding carboxylic acids is 2. The second kappa shape index (κ2) is 8.84. The number of aromatic carboxylic acids is 1. The number of halogens is 2. The number of methoxy groups -OCH3 is 1. The van der Waals surface area contributed by atoms with Crippen molar-refractivity contribution in [3.05, 3.63) is 75.0 Å². The van der Waals surface area contributed by atoms with Crippen LogP contribution < -0.4 is 9.64 Å². The fraction of sp³-hybridized carbons (Fsp3) is 0.208. The molecule has 0 bridgehead atoms. The Balaban J connectivity index is 1.73. The summed E-state index contributed by atoms with van der Waals surface area (Å²) in [5.74, 6) is -3.58. The lowest BCUT2D eigenvalue weighted by Crippen LogP contribution is -2.43. The number of benzene rings is 2. The second-order valence-corrected chi connectivity index (χ2v) is 10.6. The smallest absolute Gasteiger partial charge is 0.346 e. The average molecular weight is 504 g/mol. The summed E-state index contributed by atoms with van der Waals surface area (Å²) in [5.41, 5.74) is 0.526. The average Bonchev–Trinajstić information content (AvgIpc) is 3.20. The molecule has 0 spiro atoms. The molecule has 1 aliphatic rings. The highest BCUT2D eigenvalue weighted by Crippen LogP contribution is 2.46. The van der Waals surface area contributed by atoms with Crippen molar-refractivity contribution in [2.75, 3.05) is 12.0 Å². The largest absolute Gasteiger partial charge is 0.496 e. The molecule has 6 nitrogen and oxygen atoms in total. The quantitative estimate of drug-likeness (QED) is 0.354. The maximum atomic E-state index is 14.9. The van der Waals surface area contributed by atoms with Gasteiger partial charge in [-0.05, 0) is 61.2 Å². The van der Waals surface area contributed by atoms with Gasteiger partial charge in [-0.2, -0.15) is 0 Å². The number of anilines is 1. The highest BCUT2D eigenvalue weighted by Gasteiger charge is 2.38. The van der Waals surface area contributed by atoms with E-state index in [4.69, 9.17) is 4.74 Å². The van der Waals surface area contributed by atoms with Crippen LogP contribution in [0.2, 0.25) is 0 Å². The molecule has 2 amide bonds. The summed E-state index contributed by atoms with van der Waals surface area (Å²) in [4.78, 5) is 38.4. The number of nitrogens with zero attached hydrogens (tertiary/aromatic N) is 1. The zero-order chi connectivity index (χ0) is 24.8. The number of hydrogen-bond donors (Lipinski definition) is 1. The minimum absolute atomic E-state index is 0.0978. The number of thioether (sulfide) groups is 1. The summed E-state index contributed by atoms with van der Waals surface area (Å²) in [6.07, 6.45) is -0.215. The van der Waals surface area contributed by atoms with Gasteiger partial charge in [0.25, 0.3) is 5.91 Å². The molecular formula is C24H19F2NO5S2. The van der Waals surface area contributed by atoms with Gasteiger partial charge < -0.3 is 9.84 Å². The molecule has 1 aliphatic heterocycles. The van der Waals surface area contributed by atoms with E-state index in [0.29, 0.717) is 26.7 Å². The number of imide groups is 1. The Hall–Kier alpha value is -3.24. The number of carboxylic acid groups (broad SMARTS) is 1. The van der Waals surface area contributed by atoms with Gasteiger partial charge in [0.05, 0.1) is 24.8 Å². The predicted octanol–water partition coefficient (Wildman–Crippen LogP) is 5.49. The van der Waals surface area contributed by atoms with E-state index >= 15 is 0 Å². The van der Waals surface area contributed by atoms with Crippen LogP contribution in [0, 0.1) is 11.6 Å². The van der Waals surface area contributed by atoms with Gasteiger partial charge >= 0.3 is 5.97 Å². The predicted molar refractivity (Wildman–Crippen MR) is 125 cm³/mol. The molecule has 176 valence electrons. The molecule has 0 fully saturated rings. The van der Waals surface area contributed by atoms with Crippen LogP contribution in [0.5, 0.6) is 5.75 Å². The minimum atomic E-state index is -1.29. The molecule has 2 aromatic carbocycles. The lowest BCUT2D eigenvalue weighted by atomic mass is 10.0. The van der Waals surface area contributed by atoms with Crippen molar-refractivity contribution < 1.29 is 33.0 Å². The molecule has 0 aliphatic carbocycles. The third-order valence-corrected chi connectivity index (χ3v) is 7.65. The van der Waals surface area contributed by atoms with Gasteiger partial charge in [-0.15, -0.1) is 23.1 Å². The number of rotatable bonds is 6. The van der Waals surface area contributed by atoms with Gasteiger partial charge in [0.15, 0.2) is 0 Å². The van der Waals surface area contributed by atoms with Gasteiger partial charge in [-0.1, -0.05) is 0 Å². The molecule has 3 aromatic rings. The van der Waals surface area contributed by atoms with E-state index in [1.54, 1.807) is 0 Å². The molecule has 0 radical (unpaired) electrons. The van der Waals surface area contributed by atoms with Crippen LogP contribution in [0.3, 0.4) is 0 Å². The van der Waals surface area contributed by atoms with Crippen LogP contribution in [0.4, 0.5) is 14.5 Å². The van der Waals surface area contributed by atoms with Crippen molar-refractivity contribution in [1.82, 2.24) is 0 Å². The monoisotopic (exact) mass is 503 g/mol. The van der Waals surface area contributed by atoms with Crippen molar-refractivity contribution in [3.8, 4) is 5.75 Å². The molecule has 0 unspecified atom stereocenters. The van der Waals surface area contributed by atoms with E-state index in [1.165, 1.54) is 54.6 Å². The Morgan fingerprint density at radius 2 is 1.91 bits per heavy atom. The Morgan fingerprint density at radius 3 is 2.59 bits per heavy atom. The van der Waals surface area contributed by atoms with Crippen LogP contribution in [0.25, 0.3) is 0 Å². The highest BCUT2D eigenvalue weighted by atomic mass is 32.2. The third-order valence-electron chi connectivity index (χ3n) is 5.41. The third kappa shape index (κ3) is 4.19. The fourth-order valence-electron chi connectivity index (χ4n) is 3.85. The summed E-state index contributed by atoms with van der Waals surface area (Å²) in [7, 11) is 1.48. The van der Waals surface area contributed by atoms with Crippen molar-refractivity contribution in [2.45, 2.75) is 29.9 Å². The lowest BCUT2D eigenvalue weighted by molar-refractivity contribution is -0.117. The maximum absolute atomic E-state index is 14.9. The van der Waals surface area contributed by atoms with E-state index in [9.17, 15) is 28.3 Å². The van der Waals surface area contributed by atoms with Crippen molar-refractivity contribution in [2.24, 2.45) is 0 Å². The number of carboxylic acids is 1. The van der Waals surface area contributed by atoms with E-state index < -0.39 is 34.2 Å². The van der Waals surface area contributed by atoms with Crippen molar-refractivity contribution >= 4 is 46.6 Å². The van der Waals surface area contributed by atoms with Crippen LogP contribution in [0.1, 0.15) is 45.0 Å². The molecule has 0 saturated heterocycles. The first-order valence-electron chi connectivity index (χ1n) is 10.1. The van der Waals surface area contributed by atoms with Crippen LogP contribution in [-0.2, 0) is 16.0 Å². The maximum Gasteiger partial charge on any atom is 0.346 e. The number of hydrogen-bond acceptors (Lipinski definition) is 6. The summed E-state index contributed by atoms with van der Waals surface area (Å²) < 4.78 is 33.4. The molecule has 0 atom stereocenters. The van der Waals surface area contributed by atoms with Gasteiger partial charge in [-0.25, -0.2) is 18.5 Å². The number of carbonyl (C=O) groups is 3. The topological polar surface area (TPSA) is 83.9 Å². The summed E-state index contributed by atoms with van der Waals surface area (Å²) in [6, 6.07) is 8.16.